The number of hydrogen-bond acceptors (Lipinski definition) is 7. The number of nitrogens with zero attached hydrogens (tertiary/aromatic N) is 1. The summed E-state index contributed by atoms with van der Waals surface area (Å²) in [5.41, 5.74) is 4.46. The van der Waals surface area contributed by atoms with E-state index in [9.17, 15) is 14.4 Å². The number of ether oxygens (including phenoxy) is 3. The summed E-state index contributed by atoms with van der Waals surface area (Å²) in [7, 11) is 0. The van der Waals surface area contributed by atoms with Gasteiger partial charge in [-0.1, -0.05) is 36.4 Å². The molecule has 1 heterocycles. The lowest BCUT2D eigenvalue weighted by molar-refractivity contribution is -0.117. The second-order valence-electron chi connectivity index (χ2n) is 8.63. The van der Waals surface area contributed by atoms with Crippen molar-refractivity contribution in [1.82, 2.24) is 10.7 Å². The van der Waals surface area contributed by atoms with Gasteiger partial charge in [0.15, 0.2) is 11.5 Å². The molecule has 1 aliphatic rings. The maximum Gasteiger partial charge on any atom is 0.344 e. The molecule has 5 rings (SSSR count). The van der Waals surface area contributed by atoms with Gasteiger partial charge >= 0.3 is 5.97 Å². The quantitative estimate of drug-likeness (QED) is 0.0916. The van der Waals surface area contributed by atoms with E-state index in [1.54, 1.807) is 97.1 Å². The van der Waals surface area contributed by atoms with Crippen LogP contribution in [0.3, 0.4) is 0 Å². The number of hydrogen-bond donors (Lipinski definition) is 2. The van der Waals surface area contributed by atoms with Crippen LogP contribution in [0.4, 0.5) is 0 Å². The molecular formula is C31H22BrN3O6. The number of halogens is 1. The highest BCUT2D eigenvalue weighted by Crippen LogP contribution is 2.33. The van der Waals surface area contributed by atoms with E-state index in [0.717, 1.165) is 0 Å². The maximum absolute atomic E-state index is 13.1. The Morgan fingerprint density at radius 1 is 0.829 bits per heavy atom. The lowest BCUT2D eigenvalue weighted by Crippen LogP contribution is -2.32. The summed E-state index contributed by atoms with van der Waals surface area (Å²) < 4.78 is 16.8. The molecule has 2 amide bonds. The van der Waals surface area contributed by atoms with Crippen LogP contribution in [0, 0.1) is 0 Å². The van der Waals surface area contributed by atoms with Crippen LogP contribution >= 0.6 is 15.9 Å². The summed E-state index contributed by atoms with van der Waals surface area (Å²) in [6.45, 7) is 0.115. The van der Waals surface area contributed by atoms with Crippen molar-refractivity contribution in [2.75, 3.05) is 6.79 Å². The molecule has 41 heavy (non-hydrogen) atoms. The molecule has 0 fully saturated rings. The number of esters is 1. The first-order chi connectivity index (χ1) is 20.0. The first kappa shape index (κ1) is 27.4. The lowest BCUT2D eigenvalue weighted by Gasteiger charge is -2.09. The van der Waals surface area contributed by atoms with E-state index in [1.807, 2.05) is 0 Å². The molecule has 0 aromatic heterocycles. The summed E-state index contributed by atoms with van der Waals surface area (Å²) in [6, 6.07) is 27.3. The Hall–Kier alpha value is -5.22. The van der Waals surface area contributed by atoms with Crippen LogP contribution in [0.1, 0.15) is 31.8 Å². The molecule has 1 aliphatic heterocycles. The van der Waals surface area contributed by atoms with Crippen LogP contribution in [-0.2, 0) is 4.79 Å². The van der Waals surface area contributed by atoms with E-state index in [2.05, 4.69) is 31.8 Å². The number of fused-ring (bicyclic) bond motifs is 1. The number of carbonyl (C=O) groups is 3. The zero-order valence-corrected chi connectivity index (χ0v) is 23.0. The van der Waals surface area contributed by atoms with Crippen molar-refractivity contribution in [2.24, 2.45) is 5.10 Å². The SMILES string of the molecule is O=C(NN=Cc1ccc(OC(=O)c2ccccc2Br)cc1)C(=Cc1ccc2c(c1)OCO2)NC(=O)c1ccccc1. The first-order valence-electron chi connectivity index (χ1n) is 12.3. The molecule has 4 aromatic carbocycles. The molecule has 9 nitrogen and oxygen atoms in total. The van der Waals surface area contributed by atoms with E-state index in [1.165, 1.54) is 12.3 Å². The average Bonchev–Trinajstić information content (AvgIpc) is 3.46. The second-order valence-corrected chi connectivity index (χ2v) is 9.48. The van der Waals surface area contributed by atoms with Crippen molar-refractivity contribution >= 4 is 46.0 Å². The highest BCUT2D eigenvalue weighted by Gasteiger charge is 2.17. The minimum absolute atomic E-state index is 0.0239. The fraction of sp³-hybridized carbons (Fsp3) is 0.0323. The van der Waals surface area contributed by atoms with Gasteiger partial charge in [-0.3, -0.25) is 9.59 Å². The van der Waals surface area contributed by atoms with Gasteiger partial charge in [-0.25, -0.2) is 10.2 Å². The summed E-state index contributed by atoms with van der Waals surface area (Å²) in [4.78, 5) is 38.3. The van der Waals surface area contributed by atoms with Crippen LogP contribution in [-0.4, -0.2) is 30.8 Å². The van der Waals surface area contributed by atoms with Crippen molar-refractivity contribution in [1.29, 1.82) is 0 Å². The van der Waals surface area contributed by atoms with Gasteiger partial charge in [0.2, 0.25) is 6.79 Å². The van der Waals surface area contributed by atoms with Gasteiger partial charge in [-0.2, -0.15) is 5.10 Å². The molecule has 0 radical (unpaired) electrons. The van der Waals surface area contributed by atoms with Gasteiger partial charge in [0.05, 0.1) is 11.8 Å². The predicted molar refractivity (Wildman–Crippen MR) is 156 cm³/mol. The number of benzene rings is 4. The minimum Gasteiger partial charge on any atom is -0.454 e. The molecular weight excluding hydrogens is 590 g/mol. The van der Waals surface area contributed by atoms with Crippen molar-refractivity contribution in [2.45, 2.75) is 0 Å². The fourth-order valence-electron chi connectivity index (χ4n) is 3.75. The van der Waals surface area contributed by atoms with Crippen LogP contribution < -0.4 is 25.0 Å². The molecule has 4 aromatic rings. The maximum atomic E-state index is 13.1. The Balaban J connectivity index is 1.26. The molecule has 204 valence electrons. The summed E-state index contributed by atoms with van der Waals surface area (Å²) in [6.07, 6.45) is 2.94. The molecule has 0 saturated carbocycles. The molecule has 2 N–H and O–H groups in total. The Morgan fingerprint density at radius 3 is 2.32 bits per heavy atom. The van der Waals surface area contributed by atoms with Crippen molar-refractivity contribution in [3.63, 3.8) is 0 Å². The summed E-state index contributed by atoms with van der Waals surface area (Å²) >= 11 is 3.34. The van der Waals surface area contributed by atoms with Gasteiger partial charge in [0, 0.05) is 10.0 Å². The molecule has 0 atom stereocenters. The summed E-state index contributed by atoms with van der Waals surface area (Å²) in [5, 5.41) is 6.67. The molecule has 0 aliphatic carbocycles. The number of amides is 2. The molecule has 10 heteroatoms. The molecule has 0 spiro atoms. The van der Waals surface area contributed by atoms with Crippen LogP contribution in [0.15, 0.2) is 112 Å². The van der Waals surface area contributed by atoms with Crippen molar-refractivity contribution in [3.05, 3.63) is 129 Å². The monoisotopic (exact) mass is 611 g/mol. The minimum atomic E-state index is -0.637. The number of hydrazone groups is 1. The van der Waals surface area contributed by atoms with Gasteiger partial charge in [-0.15, -0.1) is 0 Å². The number of nitrogens with one attached hydrogen (secondary N) is 2. The van der Waals surface area contributed by atoms with Crippen LogP contribution in [0.2, 0.25) is 0 Å². The van der Waals surface area contributed by atoms with Gasteiger partial charge in [0.25, 0.3) is 11.8 Å². The fourth-order valence-corrected chi connectivity index (χ4v) is 4.19. The number of rotatable bonds is 8. The highest BCUT2D eigenvalue weighted by molar-refractivity contribution is 9.10. The Bertz CT molecular complexity index is 1650. The number of carbonyl (C=O) groups excluding carboxylic acids is 3. The second kappa shape index (κ2) is 12.8. The van der Waals surface area contributed by atoms with E-state index in [0.29, 0.717) is 44.0 Å². The lowest BCUT2D eigenvalue weighted by atomic mass is 10.1. The smallest absolute Gasteiger partial charge is 0.344 e. The topological polar surface area (TPSA) is 115 Å². The highest BCUT2D eigenvalue weighted by atomic mass is 79.9. The zero-order valence-electron chi connectivity index (χ0n) is 21.4. The van der Waals surface area contributed by atoms with Crippen LogP contribution in [0.5, 0.6) is 17.2 Å². The standard InChI is InChI=1S/C31H22BrN3O6/c32-25-9-5-4-8-24(25)31(38)41-23-13-10-20(11-14-23)18-33-35-30(37)26(34-29(36)22-6-2-1-3-7-22)16-21-12-15-27-28(17-21)40-19-39-27/h1-18H,19H2,(H,34,36)(H,35,37). The molecule has 0 unspecified atom stereocenters. The van der Waals surface area contributed by atoms with Crippen molar-refractivity contribution < 1.29 is 28.6 Å². The van der Waals surface area contributed by atoms with Gasteiger partial charge in [-0.05, 0) is 93.8 Å². The summed E-state index contributed by atoms with van der Waals surface area (Å²) in [5.74, 6) is -0.0993. The largest absolute Gasteiger partial charge is 0.454 e. The molecule has 0 saturated heterocycles. The Labute approximate surface area is 243 Å². The zero-order chi connectivity index (χ0) is 28.6. The predicted octanol–water partition coefficient (Wildman–Crippen LogP) is 5.32. The first-order valence-corrected chi connectivity index (χ1v) is 13.1. The normalized spacial score (nSPS) is 12.2. The van der Waals surface area contributed by atoms with Gasteiger partial charge in [0.1, 0.15) is 11.4 Å². The van der Waals surface area contributed by atoms with Crippen molar-refractivity contribution in [3.8, 4) is 17.2 Å². The third-order valence-corrected chi connectivity index (χ3v) is 6.49. The van der Waals surface area contributed by atoms with E-state index in [4.69, 9.17) is 14.2 Å². The molecule has 0 bridgehead atoms. The van der Waals surface area contributed by atoms with Gasteiger partial charge < -0.3 is 19.5 Å². The Morgan fingerprint density at radius 2 is 1.54 bits per heavy atom. The average molecular weight is 612 g/mol. The van der Waals surface area contributed by atoms with E-state index >= 15 is 0 Å². The van der Waals surface area contributed by atoms with E-state index < -0.39 is 17.8 Å². The van der Waals surface area contributed by atoms with Crippen LogP contribution in [0.25, 0.3) is 6.08 Å². The third kappa shape index (κ3) is 7.06. The Kier molecular flexibility index (Phi) is 8.51. The van der Waals surface area contributed by atoms with E-state index in [-0.39, 0.29) is 12.5 Å². The third-order valence-electron chi connectivity index (χ3n) is 5.80.